The van der Waals surface area contributed by atoms with E-state index in [4.69, 9.17) is 0 Å². The highest BCUT2D eigenvalue weighted by Gasteiger charge is 2.37. The molecule has 2 unspecified atom stereocenters. The van der Waals surface area contributed by atoms with Crippen LogP contribution >= 0.6 is 15.9 Å². The van der Waals surface area contributed by atoms with Gasteiger partial charge in [-0.1, -0.05) is 13.3 Å². The molecule has 1 nitrogen and oxygen atoms in total. The SMILES string of the molecule is CCC1CCC(O)(Cc2c(F)ccc(Br)c2F)C1. The van der Waals surface area contributed by atoms with Crippen molar-refractivity contribution in [2.75, 3.05) is 0 Å². The summed E-state index contributed by atoms with van der Waals surface area (Å²) in [6, 6.07) is 2.58. The normalized spacial score (nSPS) is 27.7. The highest BCUT2D eigenvalue weighted by atomic mass is 79.9. The average Bonchev–Trinajstić information content (AvgIpc) is 2.72. The molecule has 0 amide bonds. The third kappa shape index (κ3) is 2.75. The zero-order valence-corrected chi connectivity index (χ0v) is 11.9. The molecule has 1 aromatic carbocycles. The minimum atomic E-state index is -0.955. The van der Waals surface area contributed by atoms with Gasteiger partial charge in [-0.05, 0) is 53.2 Å². The van der Waals surface area contributed by atoms with Crippen LogP contribution in [-0.2, 0) is 6.42 Å². The minimum absolute atomic E-state index is 0.0105. The van der Waals surface area contributed by atoms with Gasteiger partial charge in [0.1, 0.15) is 11.6 Å². The maximum atomic E-state index is 13.9. The van der Waals surface area contributed by atoms with E-state index in [9.17, 15) is 13.9 Å². The summed E-state index contributed by atoms with van der Waals surface area (Å²) in [5.74, 6) is -0.708. The second-order valence-corrected chi connectivity index (χ2v) is 6.09. The molecule has 2 atom stereocenters. The monoisotopic (exact) mass is 318 g/mol. The Hall–Kier alpha value is -0.480. The smallest absolute Gasteiger partial charge is 0.143 e. The number of hydrogen-bond donors (Lipinski definition) is 1. The van der Waals surface area contributed by atoms with Crippen LogP contribution in [0.25, 0.3) is 0 Å². The van der Waals surface area contributed by atoms with Gasteiger partial charge < -0.3 is 5.11 Å². The largest absolute Gasteiger partial charge is 0.390 e. The van der Waals surface area contributed by atoms with E-state index >= 15 is 0 Å². The zero-order valence-electron chi connectivity index (χ0n) is 10.3. The van der Waals surface area contributed by atoms with Crippen LogP contribution < -0.4 is 0 Å². The fourth-order valence-corrected chi connectivity index (χ4v) is 3.15. The fourth-order valence-electron chi connectivity index (χ4n) is 2.78. The zero-order chi connectivity index (χ0) is 13.3. The van der Waals surface area contributed by atoms with Crippen molar-refractivity contribution in [3.05, 3.63) is 33.8 Å². The van der Waals surface area contributed by atoms with E-state index in [1.165, 1.54) is 12.1 Å². The molecule has 1 saturated carbocycles. The lowest BCUT2D eigenvalue weighted by atomic mass is 9.91. The lowest BCUT2D eigenvalue weighted by molar-refractivity contribution is 0.0419. The molecular formula is C14H17BrF2O. The van der Waals surface area contributed by atoms with Crippen LogP contribution in [0.2, 0.25) is 0 Å². The molecule has 100 valence electrons. The van der Waals surface area contributed by atoms with Crippen molar-refractivity contribution < 1.29 is 13.9 Å². The van der Waals surface area contributed by atoms with Crippen LogP contribution in [0.3, 0.4) is 0 Å². The van der Waals surface area contributed by atoms with E-state index in [0.717, 1.165) is 12.8 Å². The second-order valence-electron chi connectivity index (χ2n) is 5.24. The topological polar surface area (TPSA) is 20.2 Å². The van der Waals surface area contributed by atoms with Crippen molar-refractivity contribution in [1.29, 1.82) is 0 Å². The predicted octanol–water partition coefficient (Wildman–Crippen LogP) is 4.21. The van der Waals surface area contributed by atoms with E-state index in [1.807, 2.05) is 0 Å². The number of rotatable bonds is 3. The molecule has 0 spiro atoms. The third-order valence-corrected chi connectivity index (χ3v) is 4.52. The summed E-state index contributed by atoms with van der Waals surface area (Å²) < 4.78 is 27.8. The van der Waals surface area contributed by atoms with E-state index in [2.05, 4.69) is 22.9 Å². The Kier molecular flexibility index (Phi) is 4.07. The number of benzene rings is 1. The van der Waals surface area contributed by atoms with Crippen molar-refractivity contribution in [3.63, 3.8) is 0 Å². The maximum Gasteiger partial charge on any atom is 0.143 e. The van der Waals surface area contributed by atoms with Gasteiger partial charge >= 0.3 is 0 Å². The number of hydrogen-bond acceptors (Lipinski definition) is 1. The number of aliphatic hydroxyl groups is 1. The molecule has 1 aromatic rings. The van der Waals surface area contributed by atoms with E-state index in [0.29, 0.717) is 18.8 Å². The molecular weight excluding hydrogens is 302 g/mol. The van der Waals surface area contributed by atoms with Gasteiger partial charge in [-0.3, -0.25) is 0 Å². The highest BCUT2D eigenvalue weighted by Crippen LogP contribution is 2.39. The Morgan fingerprint density at radius 2 is 2.17 bits per heavy atom. The van der Waals surface area contributed by atoms with Crippen molar-refractivity contribution in [2.45, 2.75) is 44.6 Å². The molecule has 1 fully saturated rings. The van der Waals surface area contributed by atoms with E-state index in [1.54, 1.807) is 0 Å². The van der Waals surface area contributed by atoms with Gasteiger partial charge in [0.25, 0.3) is 0 Å². The van der Waals surface area contributed by atoms with Crippen molar-refractivity contribution >= 4 is 15.9 Å². The summed E-state index contributed by atoms with van der Waals surface area (Å²) in [6.07, 6.45) is 3.25. The first-order valence-corrected chi connectivity index (χ1v) is 7.09. The average molecular weight is 319 g/mol. The molecule has 1 N–H and O–H groups in total. The summed E-state index contributed by atoms with van der Waals surface area (Å²) in [7, 11) is 0. The standard InChI is InChI=1S/C14H17BrF2O/c1-2-9-5-6-14(18,7-9)8-10-12(16)4-3-11(15)13(10)17/h3-4,9,18H,2,5-8H2,1H3. The van der Waals surface area contributed by atoms with Crippen LogP contribution in [-0.4, -0.2) is 10.7 Å². The fraction of sp³-hybridized carbons (Fsp3) is 0.571. The predicted molar refractivity (Wildman–Crippen MR) is 70.3 cm³/mol. The van der Waals surface area contributed by atoms with Gasteiger partial charge in [0.2, 0.25) is 0 Å². The van der Waals surface area contributed by atoms with Crippen LogP contribution in [0, 0.1) is 17.6 Å². The van der Waals surface area contributed by atoms with Gasteiger partial charge in [0.15, 0.2) is 0 Å². The first-order valence-electron chi connectivity index (χ1n) is 6.30. The Bertz CT molecular complexity index is 450. The molecule has 1 aliphatic rings. The van der Waals surface area contributed by atoms with Crippen molar-refractivity contribution in [1.82, 2.24) is 0 Å². The second kappa shape index (κ2) is 5.25. The molecule has 0 heterocycles. The first kappa shape index (κ1) is 13.9. The van der Waals surface area contributed by atoms with E-state index < -0.39 is 17.2 Å². The molecule has 4 heteroatoms. The summed E-state index contributed by atoms with van der Waals surface area (Å²) in [5.41, 5.74) is -0.966. The van der Waals surface area contributed by atoms with Crippen LogP contribution in [0.4, 0.5) is 8.78 Å². The van der Waals surface area contributed by atoms with Gasteiger partial charge in [-0.2, -0.15) is 0 Å². The first-order chi connectivity index (χ1) is 8.45. The molecule has 0 aromatic heterocycles. The van der Waals surface area contributed by atoms with Crippen molar-refractivity contribution in [2.24, 2.45) is 5.92 Å². The molecule has 2 rings (SSSR count). The van der Waals surface area contributed by atoms with Gasteiger partial charge in [0, 0.05) is 12.0 Å². The quantitative estimate of drug-likeness (QED) is 0.828. The summed E-state index contributed by atoms with van der Waals surface area (Å²) in [5, 5.41) is 10.4. The number of halogens is 3. The highest BCUT2D eigenvalue weighted by molar-refractivity contribution is 9.10. The molecule has 1 aliphatic carbocycles. The maximum absolute atomic E-state index is 13.9. The summed E-state index contributed by atoms with van der Waals surface area (Å²) >= 11 is 3.05. The Morgan fingerprint density at radius 3 is 2.78 bits per heavy atom. The van der Waals surface area contributed by atoms with Crippen LogP contribution in [0.15, 0.2) is 16.6 Å². The Balaban J connectivity index is 2.22. The molecule has 0 bridgehead atoms. The molecule has 18 heavy (non-hydrogen) atoms. The van der Waals surface area contributed by atoms with Crippen LogP contribution in [0.1, 0.15) is 38.2 Å². The Labute approximate surface area is 114 Å². The van der Waals surface area contributed by atoms with Crippen LogP contribution in [0.5, 0.6) is 0 Å². The summed E-state index contributed by atoms with van der Waals surface area (Å²) in [6.45, 7) is 2.08. The van der Waals surface area contributed by atoms with Crippen molar-refractivity contribution in [3.8, 4) is 0 Å². The van der Waals surface area contributed by atoms with E-state index in [-0.39, 0.29) is 16.5 Å². The minimum Gasteiger partial charge on any atom is -0.390 e. The molecule has 0 radical (unpaired) electrons. The van der Waals surface area contributed by atoms with Gasteiger partial charge in [0.05, 0.1) is 10.1 Å². The summed E-state index contributed by atoms with van der Waals surface area (Å²) in [4.78, 5) is 0. The lowest BCUT2D eigenvalue weighted by Crippen LogP contribution is -2.29. The van der Waals surface area contributed by atoms with Gasteiger partial charge in [-0.25, -0.2) is 8.78 Å². The molecule has 0 aliphatic heterocycles. The Morgan fingerprint density at radius 1 is 1.44 bits per heavy atom. The van der Waals surface area contributed by atoms with Gasteiger partial charge in [-0.15, -0.1) is 0 Å². The molecule has 0 saturated heterocycles. The lowest BCUT2D eigenvalue weighted by Gasteiger charge is -2.23. The third-order valence-electron chi connectivity index (χ3n) is 3.91.